The molecule has 0 heterocycles. The van der Waals surface area contributed by atoms with Gasteiger partial charge in [-0.3, -0.25) is 0 Å². The lowest BCUT2D eigenvalue weighted by Gasteiger charge is -2.11. The van der Waals surface area contributed by atoms with Gasteiger partial charge in [0, 0.05) is 32.3 Å². The van der Waals surface area contributed by atoms with Crippen molar-refractivity contribution in [2.45, 2.75) is 0 Å². The van der Waals surface area contributed by atoms with Gasteiger partial charge in [0.25, 0.3) is 0 Å². The summed E-state index contributed by atoms with van der Waals surface area (Å²) in [6.45, 7) is 0. The molecule has 0 N–H and O–H groups in total. The van der Waals surface area contributed by atoms with Crippen molar-refractivity contribution in [1.29, 1.82) is 0 Å². The van der Waals surface area contributed by atoms with E-state index in [1.165, 1.54) is 6.07 Å². The summed E-state index contributed by atoms with van der Waals surface area (Å²) in [6, 6.07) is 56.2. The second-order valence-electron chi connectivity index (χ2n) is 13.0. The normalized spacial score (nSPS) is 11.6. The zero-order valence-electron chi connectivity index (χ0n) is 29.7. The number of carbonyl (C=O) groups excluding carboxylic acids is 2. The summed E-state index contributed by atoms with van der Waals surface area (Å²) >= 11 is 0. The Morgan fingerprint density at radius 1 is 0.321 bits per heavy atom. The number of fused-ring (bicyclic) bond motifs is 4. The summed E-state index contributed by atoms with van der Waals surface area (Å²) < 4.78 is 11.8. The van der Waals surface area contributed by atoms with Crippen LogP contribution in [0.1, 0.15) is 20.7 Å². The lowest BCUT2D eigenvalue weighted by molar-refractivity contribution is 0.0737. The zero-order chi connectivity index (χ0) is 37.8. The molecule has 0 spiro atoms. The largest absolute Gasteiger partial charge is 0.422 e. The molecule has 9 rings (SSSR count). The van der Waals surface area contributed by atoms with Crippen LogP contribution in [-0.2, 0) is 0 Å². The minimum atomic E-state index is -0.624. The van der Waals surface area contributed by atoms with Crippen LogP contribution in [0.25, 0.3) is 43.1 Å². The molecule has 0 aromatic heterocycles. The van der Waals surface area contributed by atoms with Crippen molar-refractivity contribution in [3.63, 3.8) is 0 Å². The van der Waals surface area contributed by atoms with Gasteiger partial charge in [-0.05, 0) is 65.4 Å². The van der Waals surface area contributed by atoms with Crippen LogP contribution in [0.5, 0.6) is 11.5 Å². The van der Waals surface area contributed by atoms with Crippen molar-refractivity contribution < 1.29 is 19.1 Å². The molecule has 56 heavy (non-hydrogen) atoms. The zero-order valence-corrected chi connectivity index (χ0v) is 29.7. The highest BCUT2D eigenvalue weighted by atomic mass is 16.5. The number of esters is 2. The molecule has 0 saturated carbocycles. The molecule has 0 atom stereocenters. The molecule has 8 nitrogen and oxygen atoms in total. The van der Waals surface area contributed by atoms with Gasteiger partial charge in [0.15, 0.2) is 0 Å². The van der Waals surface area contributed by atoms with Crippen molar-refractivity contribution in [2.24, 2.45) is 20.5 Å². The first-order chi connectivity index (χ1) is 27.6. The van der Waals surface area contributed by atoms with Gasteiger partial charge in [0.1, 0.15) is 11.5 Å². The number of hydrogen-bond acceptors (Lipinski definition) is 8. The SMILES string of the molecule is O=C(Oc1ccc(/N=N/c2cccc3ccccc23)c2ccccc12)c1cccc(C(=O)Oc2ccc(/N=N/c3cccc4ccccc34)c3ccccc23)c1. The predicted octanol–water partition coefficient (Wildman–Crippen LogP) is 13.6. The summed E-state index contributed by atoms with van der Waals surface area (Å²) in [6.07, 6.45) is 0. The van der Waals surface area contributed by atoms with Gasteiger partial charge in [-0.15, -0.1) is 20.5 Å². The minimum Gasteiger partial charge on any atom is -0.422 e. The third-order valence-corrected chi connectivity index (χ3v) is 9.53. The van der Waals surface area contributed by atoms with Gasteiger partial charge in [-0.1, -0.05) is 127 Å². The van der Waals surface area contributed by atoms with Crippen LogP contribution in [0, 0.1) is 0 Å². The molecular weight excluding hydrogens is 697 g/mol. The van der Waals surface area contributed by atoms with Gasteiger partial charge in [0.2, 0.25) is 0 Å². The Morgan fingerprint density at radius 3 is 1.11 bits per heavy atom. The first-order valence-corrected chi connectivity index (χ1v) is 18.0. The van der Waals surface area contributed by atoms with Crippen LogP contribution < -0.4 is 9.47 Å². The van der Waals surface area contributed by atoms with E-state index in [9.17, 15) is 9.59 Å². The summed E-state index contributed by atoms with van der Waals surface area (Å²) in [7, 11) is 0. The van der Waals surface area contributed by atoms with Crippen LogP contribution in [0.3, 0.4) is 0 Å². The Kier molecular flexibility index (Phi) is 9.03. The van der Waals surface area contributed by atoms with Gasteiger partial charge in [-0.25, -0.2) is 9.59 Å². The molecule has 9 aromatic carbocycles. The number of rotatable bonds is 8. The molecule has 0 bridgehead atoms. The van der Waals surface area contributed by atoms with Crippen molar-refractivity contribution >= 4 is 77.8 Å². The van der Waals surface area contributed by atoms with Crippen molar-refractivity contribution in [1.82, 2.24) is 0 Å². The van der Waals surface area contributed by atoms with Gasteiger partial charge < -0.3 is 9.47 Å². The molecule has 0 radical (unpaired) electrons. The standard InChI is InChI=1S/C48H30N4O4/c53-47(55-45-28-26-43(37-20-5-7-22-39(37)45)51-49-41-24-10-14-31-12-1-3-18-35(31)41)33-16-9-17-34(30-33)48(54)56-46-29-27-44(38-21-6-8-23-40(38)46)52-50-42-25-11-15-32-13-2-4-19-36(32)42/h1-30H/b51-49+,52-50+. The van der Waals surface area contributed by atoms with Crippen LogP contribution in [0.2, 0.25) is 0 Å². The average Bonchev–Trinajstić information content (AvgIpc) is 3.25. The number of hydrogen-bond donors (Lipinski definition) is 0. The fourth-order valence-corrected chi connectivity index (χ4v) is 6.76. The highest BCUT2D eigenvalue weighted by molar-refractivity contribution is 6.03. The maximum Gasteiger partial charge on any atom is 0.343 e. The van der Waals surface area contributed by atoms with E-state index < -0.39 is 11.9 Å². The molecule has 0 saturated heterocycles. The van der Waals surface area contributed by atoms with Crippen LogP contribution in [0.15, 0.2) is 202 Å². The second-order valence-corrected chi connectivity index (χ2v) is 13.0. The van der Waals surface area contributed by atoms with E-state index in [0.29, 0.717) is 33.6 Å². The van der Waals surface area contributed by atoms with Crippen molar-refractivity contribution in [2.75, 3.05) is 0 Å². The fourth-order valence-electron chi connectivity index (χ4n) is 6.76. The lowest BCUT2D eigenvalue weighted by atomic mass is 10.1. The van der Waals surface area contributed by atoms with E-state index in [1.807, 2.05) is 133 Å². The molecular formula is C48H30N4O4. The van der Waals surface area contributed by atoms with Gasteiger partial charge in [-0.2, -0.15) is 0 Å². The quantitative estimate of drug-likeness (QED) is 0.0883. The highest BCUT2D eigenvalue weighted by Crippen LogP contribution is 2.37. The molecule has 0 aliphatic carbocycles. The van der Waals surface area contributed by atoms with Gasteiger partial charge in [0.05, 0.1) is 33.9 Å². The molecule has 0 aliphatic rings. The second kappa shape index (κ2) is 14.9. The molecule has 9 aromatic rings. The number of benzene rings is 9. The van der Waals surface area contributed by atoms with Crippen LogP contribution in [-0.4, -0.2) is 11.9 Å². The summed E-state index contributed by atoms with van der Waals surface area (Å²) in [5, 5.41) is 25.4. The monoisotopic (exact) mass is 726 g/mol. The van der Waals surface area contributed by atoms with E-state index in [4.69, 9.17) is 9.47 Å². The Labute approximate surface area is 321 Å². The number of ether oxygens (including phenoxy) is 2. The summed E-state index contributed by atoms with van der Waals surface area (Å²) in [5.74, 6) is -0.540. The summed E-state index contributed by atoms with van der Waals surface area (Å²) in [5.41, 5.74) is 3.16. The molecule has 0 amide bonds. The van der Waals surface area contributed by atoms with Crippen molar-refractivity contribution in [3.8, 4) is 11.5 Å². The Morgan fingerprint density at radius 2 is 0.661 bits per heavy atom. The molecule has 0 fully saturated rings. The lowest BCUT2D eigenvalue weighted by Crippen LogP contribution is -2.13. The third kappa shape index (κ3) is 6.74. The molecule has 8 heteroatoms. The fraction of sp³-hybridized carbons (Fsp3) is 0. The molecule has 0 unspecified atom stereocenters. The Hall–Kier alpha value is -7.84. The van der Waals surface area contributed by atoms with E-state index in [-0.39, 0.29) is 11.1 Å². The first kappa shape index (κ1) is 34.0. The van der Waals surface area contributed by atoms with E-state index >= 15 is 0 Å². The predicted molar refractivity (Wildman–Crippen MR) is 221 cm³/mol. The summed E-state index contributed by atoms with van der Waals surface area (Å²) in [4.78, 5) is 27.0. The Balaban J connectivity index is 0.939. The number of carbonyl (C=O) groups is 2. The third-order valence-electron chi connectivity index (χ3n) is 9.53. The molecule has 0 aliphatic heterocycles. The van der Waals surface area contributed by atoms with Gasteiger partial charge >= 0.3 is 11.9 Å². The maximum atomic E-state index is 13.5. The highest BCUT2D eigenvalue weighted by Gasteiger charge is 2.18. The van der Waals surface area contributed by atoms with E-state index in [1.54, 1.807) is 42.5 Å². The average molecular weight is 727 g/mol. The smallest absolute Gasteiger partial charge is 0.343 e. The van der Waals surface area contributed by atoms with E-state index in [2.05, 4.69) is 20.5 Å². The van der Waals surface area contributed by atoms with Crippen LogP contribution >= 0.6 is 0 Å². The number of nitrogens with zero attached hydrogens (tertiary/aromatic N) is 4. The van der Waals surface area contributed by atoms with E-state index in [0.717, 1.165) is 43.7 Å². The minimum absolute atomic E-state index is 0.192. The van der Waals surface area contributed by atoms with Crippen LogP contribution in [0.4, 0.5) is 22.7 Å². The Bertz CT molecular complexity index is 2830. The molecule has 266 valence electrons. The maximum absolute atomic E-state index is 13.5. The van der Waals surface area contributed by atoms with Crippen molar-refractivity contribution in [3.05, 3.63) is 193 Å². The number of azo groups is 2. The topological polar surface area (TPSA) is 102 Å². The first-order valence-electron chi connectivity index (χ1n) is 18.0.